The Morgan fingerprint density at radius 3 is 2.58 bits per heavy atom. The maximum absolute atomic E-state index is 12.5. The average molecular weight is 380 g/mol. The van der Waals surface area contributed by atoms with Gasteiger partial charge >= 0.3 is 0 Å². The first kappa shape index (κ1) is 20.0. The first-order valence-electron chi connectivity index (χ1n) is 8.78. The lowest BCUT2D eigenvalue weighted by Gasteiger charge is -2.36. The number of benzene rings is 1. The molecule has 0 unspecified atom stereocenters. The Kier molecular flexibility index (Phi) is 7.72. The summed E-state index contributed by atoms with van der Waals surface area (Å²) in [4.78, 5) is 32.1. The number of hydrogen-bond donors (Lipinski definition) is 2. The van der Waals surface area contributed by atoms with Crippen molar-refractivity contribution >= 4 is 29.4 Å². The van der Waals surface area contributed by atoms with Crippen LogP contribution in [0.15, 0.2) is 29.3 Å². The minimum atomic E-state index is -0.0827. The predicted molar refractivity (Wildman–Crippen MR) is 103 cm³/mol. The normalized spacial score (nSPS) is 15.2. The molecule has 0 aliphatic carbocycles. The summed E-state index contributed by atoms with van der Waals surface area (Å²) in [6.45, 7) is 4.87. The summed E-state index contributed by atoms with van der Waals surface area (Å²) < 4.78 is 0. The van der Waals surface area contributed by atoms with Crippen LogP contribution in [0, 0.1) is 0 Å². The van der Waals surface area contributed by atoms with Crippen molar-refractivity contribution in [1.82, 2.24) is 20.4 Å². The topological polar surface area (TPSA) is 77.0 Å². The van der Waals surface area contributed by atoms with E-state index in [1.165, 1.54) is 0 Å². The van der Waals surface area contributed by atoms with Gasteiger partial charge in [0, 0.05) is 38.2 Å². The van der Waals surface area contributed by atoms with E-state index in [9.17, 15) is 9.59 Å². The molecule has 0 spiro atoms. The SMILES string of the molecule is CCCNC(=O)CNC(=NC)N1CCN(Cc2ccc(Cl)cc2)C(=O)C1. The maximum Gasteiger partial charge on any atom is 0.242 e. The van der Waals surface area contributed by atoms with E-state index in [0.29, 0.717) is 37.2 Å². The number of carbonyl (C=O) groups excluding carboxylic acids is 2. The Bertz CT molecular complexity index is 647. The van der Waals surface area contributed by atoms with Crippen LogP contribution >= 0.6 is 11.6 Å². The molecule has 142 valence electrons. The molecule has 0 aromatic heterocycles. The highest BCUT2D eigenvalue weighted by Gasteiger charge is 2.26. The summed E-state index contributed by atoms with van der Waals surface area (Å²) >= 11 is 5.90. The zero-order chi connectivity index (χ0) is 18.9. The van der Waals surface area contributed by atoms with Gasteiger partial charge in [0.05, 0.1) is 13.1 Å². The van der Waals surface area contributed by atoms with Crippen LogP contribution in [-0.4, -0.2) is 67.3 Å². The first-order valence-corrected chi connectivity index (χ1v) is 9.15. The Balaban J connectivity index is 1.84. The second-order valence-corrected chi connectivity index (χ2v) is 6.55. The highest BCUT2D eigenvalue weighted by atomic mass is 35.5. The molecule has 0 bridgehead atoms. The van der Waals surface area contributed by atoms with Gasteiger partial charge in [-0.25, -0.2) is 0 Å². The molecule has 1 aromatic carbocycles. The van der Waals surface area contributed by atoms with Crippen LogP contribution in [0.2, 0.25) is 5.02 Å². The standard InChI is InChI=1S/C18H26ClN5O2/c1-3-8-21-16(25)11-22-18(20-2)24-10-9-23(17(26)13-24)12-14-4-6-15(19)7-5-14/h4-7H,3,8-13H2,1-2H3,(H,20,22)(H,21,25). The number of amides is 2. The van der Waals surface area contributed by atoms with Crippen LogP contribution < -0.4 is 10.6 Å². The van der Waals surface area contributed by atoms with Gasteiger partial charge in [0.15, 0.2) is 5.96 Å². The van der Waals surface area contributed by atoms with Crippen molar-refractivity contribution in [3.63, 3.8) is 0 Å². The van der Waals surface area contributed by atoms with Crippen LogP contribution in [0.3, 0.4) is 0 Å². The Morgan fingerprint density at radius 2 is 1.96 bits per heavy atom. The molecule has 8 heteroatoms. The van der Waals surface area contributed by atoms with Gasteiger partial charge in [-0.3, -0.25) is 14.6 Å². The fourth-order valence-electron chi connectivity index (χ4n) is 2.69. The molecule has 1 aliphatic heterocycles. The second-order valence-electron chi connectivity index (χ2n) is 6.11. The van der Waals surface area contributed by atoms with Crippen molar-refractivity contribution in [3.8, 4) is 0 Å². The molecule has 1 aromatic rings. The van der Waals surface area contributed by atoms with Crippen LogP contribution in [0.5, 0.6) is 0 Å². The molecule has 7 nitrogen and oxygen atoms in total. The third-order valence-corrected chi connectivity index (χ3v) is 4.35. The van der Waals surface area contributed by atoms with Crippen LogP contribution in [0.25, 0.3) is 0 Å². The van der Waals surface area contributed by atoms with E-state index >= 15 is 0 Å². The van der Waals surface area contributed by atoms with Crippen molar-refractivity contribution < 1.29 is 9.59 Å². The van der Waals surface area contributed by atoms with E-state index in [1.54, 1.807) is 7.05 Å². The molecule has 0 saturated carbocycles. The highest BCUT2D eigenvalue weighted by Crippen LogP contribution is 2.13. The van der Waals surface area contributed by atoms with Gasteiger partial charge in [0.1, 0.15) is 0 Å². The van der Waals surface area contributed by atoms with Crippen molar-refractivity contribution in [2.45, 2.75) is 19.9 Å². The number of carbonyl (C=O) groups is 2. The number of guanidine groups is 1. The van der Waals surface area contributed by atoms with E-state index in [0.717, 1.165) is 12.0 Å². The largest absolute Gasteiger partial charge is 0.355 e. The molecule has 1 saturated heterocycles. The van der Waals surface area contributed by atoms with E-state index < -0.39 is 0 Å². The molecule has 1 heterocycles. The van der Waals surface area contributed by atoms with Crippen molar-refractivity contribution in [2.24, 2.45) is 4.99 Å². The van der Waals surface area contributed by atoms with Gasteiger partial charge in [0.25, 0.3) is 0 Å². The number of hydrogen-bond acceptors (Lipinski definition) is 3. The summed E-state index contributed by atoms with van der Waals surface area (Å²) in [5, 5.41) is 6.50. The Morgan fingerprint density at radius 1 is 1.23 bits per heavy atom. The van der Waals surface area contributed by atoms with E-state index in [4.69, 9.17) is 11.6 Å². The fraction of sp³-hybridized carbons (Fsp3) is 0.500. The lowest BCUT2D eigenvalue weighted by Crippen LogP contribution is -2.55. The highest BCUT2D eigenvalue weighted by molar-refractivity contribution is 6.30. The number of nitrogens with one attached hydrogen (secondary N) is 2. The fourth-order valence-corrected chi connectivity index (χ4v) is 2.81. The molecule has 2 rings (SSSR count). The monoisotopic (exact) mass is 379 g/mol. The summed E-state index contributed by atoms with van der Waals surface area (Å²) in [6.07, 6.45) is 0.893. The molecule has 2 amide bonds. The van der Waals surface area contributed by atoms with Crippen molar-refractivity contribution in [1.29, 1.82) is 0 Å². The lowest BCUT2D eigenvalue weighted by atomic mass is 10.2. The predicted octanol–water partition coefficient (Wildman–Crippen LogP) is 1.09. The molecule has 0 radical (unpaired) electrons. The number of halogens is 1. The molecular formula is C18H26ClN5O2. The zero-order valence-corrected chi connectivity index (χ0v) is 16.1. The van der Waals surface area contributed by atoms with Crippen LogP contribution in [-0.2, 0) is 16.1 Å². The molecule has 0 atom stereocenters. The van der Waals surface area contributed by atoms with Crippen molar-refractivity contribution in [3.05, 3.63) is 34.9 Å². The van der Waals surface area contributed by atoms with E-state index in [1.807, 2.05) is 41.0 Å². The zero-order valence-electron chi connectivity index (χ0n) is 15.3. The Labute approximate surface area is 159 Å². The third-order valence-electron chi connectivity index (χ3n) is 4.10. The van der Waals surface area contributed by atoms with Crippen LogP contribution in [0.4, 0.5) is 0 Å². The van der Waals surface area contributed by atoms with Gasteiger partial charge in [-0.15, -0.1) is 0 Å². The van der Waals surface area contributed by atoms with Gasteiger partial charge in [-0.05, 0) is 24.1 Å². The number of piperazine rings is 1. The molecule has 1 fully saturated rings. The Hall–Kier alpha value is -2.28. The van der Waals surface area contributed by atoms with Gasteiger partial charge in [-0.2, -0.15) is 0 Å². The van der Waals surface area contributed by atoms with E-state index in [-0.39, 0.29) is 24.9 Å². The van der Waals surface area contributed by atoms with Gasteiger partial charge in [0.2, 0.25) is 11.8 Å². The molecular weight excluding hydrogens is 354 g/mol. The smallest absolute Gasteiger partial charge is 0.242 e. The van der Waals surface area contributed by atoms with Gasteiger partial charge < -0.3 is 20.4 Å². The van der Waals surface area contributed by atoms with E-state index in [2.05, 4.69) is 15.6 Å². The minimum Gasteiger partial charge on any atom is -0.355 e. The number of aliphatic imine (C=N–C) groups is 1. The first-order chi connectivity index (χ1) is 12.5. The van der Waals surface area contributed by atoms with Gasteiger partial charge in [-0.1, -0.05) is 30.7 Å². The van der Waals surface area contributed by atoms with Crippen molar-refractivity contribution in [2.75, 3.05) is 39.8 Å². The second kappa shape index (κ2) is 10.0. The quantitative estimate of drug-likeness (QED) is 0.573. The molecule has 1 aliphatic rings. The summed E-state index contributed by atoms with van der Waals surface area (Å²) in [5.41, 5.74) is 1.05. The third kappa shape index (κ3) is 5.91. The molecule has 2 N–H and O–H groups in total. The number of nitrogens with zero attached hydrogens (tertiary/aromatic N) is 3. The lowest BCUT2D eigenvalue weighted by molar-refractivity contribution is -0.135. The summed E-state index contributed by atoms with van der Waals surface area (Å²) in [5.74, 6) is 0.515. The summed E-state index contributed by atoms with van der Waals surface area (Å²) in [6, 6.07) is 7.51. The molecule has 26 heavy (non-hydrogen) atoms. The maximum atomic E-state index is 12.5. The van der Waals surface area contributed by atoms with Crippen LogP contribution in [0.1, 0.15) is 18.9 Å². The number of rotatable bonds is 6. The summed E-state index contributed by atoms with van der Waals surface area (Å²) in [7, 11) is 1.65. The minimum absolute atomic E-state index is 0.0320. The average Bonchev–Trinajstić information content (AvgIpc) is 2.64.